The van der Waals surface area contributed by atoms with Gasteiger partial charge in [-0.25, -0.2) is 0 Å². The number of ether oxygens (including phenoxy) is 2. The number of hydrogen-bond acceptors (Lipinski definition) is 3. The van der Waals surface area contributed by atoms with Crippen molar-refractivity contribution in [1.29, 1.82) is 0 Å². The normalized spacial score (nSPS) is 11.9. The van der Waals surface area contributed by atoms with Gasteiger partial charge in [-0.3, -0.25) is 4.79 Å². The first-order valence-electron chi connectivity index (χ1n) is 8.17. The van der Waals surface area contributed by atoms with E-state index in [4.69, 9.17) is 9.47 Å². The summed E-state index contributed by atoms with van der Waals surface area (Å²) in [6.07, 6.45) is -0.511. The van der Waals surface area contributed by atoms with Crippen molar-refractivity contribution < 1.29 is 14.3 Å². The third-order valence-electron chi connectivity index (χ3n) is 3.70. The van der Waals surface area contributed by atoms with E-state index in [1.54, 1.807) is 6.92 Å². The van der Waals surface area contributed by atoms with Crippen LogP contribution in [0.5, 0.6) is 11.5 Å². The van der Waals surface area contributed by atoms with Gasteiger partial charge in [0.05, 0.1) is 6.10 Å². The van der Waals surface area contributed by atoms with Gasteiger partial charge >= 0.3 is 0 Å². The fourth-order valence-corrected chi connectivity index (χ4v) is 2.26. The molecule has 2 rings (SSSR count). The van der Waals surface area contributed by atoms with Gasteiger partial charge in [0.15, 0.2) is 6.10 Å². The van der Waals surface area contributed by atoms with Crippen molar-refractivity contribution in [3.8, 4) is 11.5 Å². The number of rotatable bonds is 6. The van der Waals surface area contributed by atoms with Crippen LogP contribution < -0.4 is 14.8 Å². The molecular weight excluding hydrogens is 302 g/mol. The highest BCUT2D eigenvalue weighted by Gasteiger charge is 2.16. The average Bonchev–Trinajstić information content (AvgIpc) is 2.51. The molecule has 4 nitrogen and oxygen atoms in total. The minimum atomic E-state index is -0.597. The summed E-state index contributed by atoms with van der Waals surface area (Å²) < 4.78 is 11.5. The zero-order valence-electron chi connectivity index (χ0n) is 14.9. The molecule has 1 amide bonds. The van der Waals surface area contributed by atoms with E-state index in [2.05, 4.69) is 5.32 Å². The van der Waals surface area contributed by atoms with E-state index in [-0.39, 0.29) is 12.0 Å². The fraction of sp³-hybridized carbons (Fsp3) is 0.350. The van der Waals surface area contributed by atoms with E-state index in [1.807, 2.05) is 70.2 Å². The van der Waals surface area contributed by atoms with Crippen LogP contribution in [0.15, 0.2) is 42.5 Å². The molecule has 0 radical (unpaired) electrons. The van der Waals surface area contributed by atoms with Crippen LogP contribution in [0.1, 0.15) is 31.9 Å². The Labute approximate surface area is 143 Å². The molecule has 0 fully saturated rings. The molecule has 0 spiro atoms. The molecule has 1 N–H and O–H groups in total. The number of carbonyl (C=O) groups excluding carboxylic acids is 1. The topological polar surface area (TPSA) is 47.6 Å². The lowest BCUT2D eigenvalue weighted by Crippen LogP contribution is -2.30. The highest BCUT2D eigenvalue weighted by atomic mass is 16.5. The molecule has 128 valence electrons. The Kier molecular flexibility index (Phi) is 5.85. The molecule has 0 aliphatic carbocycles. The fourth-order valence-electron chi connectivity index (χ4n) is 2.26. The minimum Gasteiger partial charge on any atom is -0.491 e. The van der Waals surface area contributed by atoms with Gasteiger partial charge in [-0.05, 0) is 63.9 Å². The maximum atomic E-state index is 12.4. The van der Waals surface area contributed by atoms with Crippen molar-refractivity contribution in [3.05, 3.63) is 53.6 Å². The zero-order valence-corrected chi connectivity index (χ0v) is 14.9. The smallest absolute Gasteiger partial charge is 0.265 e. The van der Waals surface area contributed by atoms with Gasteiger partial charge in [0.25, 0.3) is 5.91 Å². The second kappa shape index (κ2) is 7.86. The Hall–Kier alpha value is -2.49. The number of amides is 1. The molecule has 0 heterocycles. The Morgan fingerprint density at radius 3 is 2.42 bits per heavy atom. The lowest BCUT2D eigenvalue weighted by atomic mass is 10.1. The van der Waals surface area contributed by atoms with Crippen LogP contribution in [-0.2, 0) is 4.79 Å². The molecule has 2 aromatic rings. The molecule has 1 unspecified atom stereocenters. The van der Waals surface area contributed by atoms with E-state index in [1.165, 1.54) is 0 Å². The summed E-state index contributed by atoms with van der Waals surface area (Å²) in [5.41, 5.74) is 2.87. The summed E-state index contributed by atoms with van der Waals surface area (Å²) in [5.74, 6) is 1.26. The summed E-state index contributed by atoms with van der Waals surface area (Å²) in [6.45, 7) is 9.68. The van der Waals surface area contributed by atoms with Gasteiger partial charge in [-0.2, -0.15) is 0 Å². The molecule has 4 heteroatoms. The van der Waals surface area contributed by atoms with Gasteiger partial charge in [-0.15, -0.1) is 0 Å². The third kappa shape index (κ3) is 4.75. The van der Waals surface area contributed by atoms with Crippen LogP contribution in [0.4, 0.5) is 5.69 Å². The molecule has 0 aromatic heterocycles. The zero-order chi connectivity index (χ0) is 17.7. The van der Waals surface area contributed by atoms with E-state index in [0.29, 0.717) is 5.69 Å². The van der Waals surface area contributed by atoms with Gasteiger partial charge in [0, 0.05) is 11.8 Å². The minimum absolute atomic E-state index is 0.0857. The van der Waals surface area contributed by atoms with Crippen molar-refractivity contribution in [3.63, 3.8) is 0 Å². The second-order valence-electron chi connectivity index (χ2n) is 6.14. The molecule has 0 saturated heterocycles. The predicted octanol–water partition coefficient (Wildman–Crippen LogP) is 4.50. The Balaban J connectivity index is 2.02. The second-order valence-corrected chi connectivity index (χ2v) is 6.14. The van der Waals surface area contributed by atoms with Gasteiger partial charge < -0.3 is 14.8 Å². The van der Waals surface area contributed by atoms with Crippen molar-refractivity contribution in [1.82, 2.24) is 0 Å². The van der Waals surface area contributed by atoms with Crippen molar-refractivity contribution in [2.75, 3.05) is 5.32 Å². The number of anilines is 1. The number of carbonyl (C=O) groups is 1. The largest absolute Gasteiger partial charge is 0.491 e. The third-order valence-corrected chi connectivity index (χ3v) is 3.70. The number of nitrogens with one attached hydrogen (secondary N) is 1. The molecule has 24 heavy (non-hydrogen) atoms. The summed E-state index contributed by atoms with van der Waals surface area (Å²) in [7, 11) is 0. The van der Waals surface area contributed by atoms with Crippen LogP contribution in [0, 0.1) is 13.8 Å². The van der Waals surface area contributed by atoms with Crippen molar-refractivity contribution in [2.45, 2.75) is 46.8 Å². The summed E-state index contributed by atoms with van der Waals surface area (Å²) in [5, 5.41) is 2.87. The number of aryl methyl sites for hydroxylation is 1. The van der Waals surface area contributed by atoms with Crippen molar-refractivity contribution >= 4 is 11.6 Å². The lowest BCUT2D eigenvalue weighted by molar-refractivity contribution is -0.122. The highest BCUT2D eigenvalue weighted by molar-refractivity contribution is 5.94. The Bertz CT molecular complexity index is 710. The average molecular weight is 327 g/mol. The van der Waals surface area contributed by atoms with Gasteiger partial charge in [-0.1, -0.05) is 18.2 Å². The first kappa shape index (κ1) is 17.9. The predicted molar refractivity (Wildman–Crippen MR) is 96.8 cm³/mol. The first-order valence-corrected chi connectivity index (χ1v) is 8.17. The van der Waals surface area contributed by atoms with Crippen LogP contribution >= 0.6 is 0 Å². The Morgan fingerprint density at radius 1 is 1.00 bits per heavy atom. The maximum absolute atomic E-state index is 12.4. The first-order chi connectivity index (χ1) is 11.4. The SMILES string of the molecule is Cc1cccc(OC(C)C(=O)Nc2cccc(OC(C)C)c2)c1C. The standard InChI is InChI=1S/C20H25NO3/c1-13(2)23-18-10-7-9-17(12-18)21-20(22)16(5)24-19-11-6-8-14(3)15(19)4/h6-13,16H,1-5H3,(H,21,22). The number of benzene rings is 2. The van der Waals surface area contributed by atoms with Crippen LogP contribution in [-0.4, -0.2) is 18.1 Å². The summed E-state index contributed by atoms with van der Waals surface area (Å²) in [4.78, 5) is 12.4. The van der Waals surface area contributed by atoms with Gasteiger partial charge in [0.2, 0.25) is 0 Å². The van der Waals surface area contributed by atoms with E-state index < -0.39 is 6.10 Å². The van der Waals surface area contributed by atoms with E-state index in [9.17, 15) is 4.79 Å². The van der Waals surface area contributed by atoms with Gasteiger partial charge in [0.1, 0.15) is 11.5 Å². The Morgan fingerprint density at radius 2 is 1.71 bits per heavy atom. The molecule has 2 aromatic carbocycles. The van der Waals surface area contributed by atoms with Crippen LogP contribution in [0.2, 0.25) is 0 Å². The molecule has 0 aliphatic rings. The van der Waals surface area contributed by atoms with E-state index in [0.717, 1.165) is 22.6 Å². The maximum Gasteiger partial charge on any atom is 0.265 e. The molecule has 0 saturated carbocycles. The molecule has 0 bridgehead atoms. The molecule has 0 aliphatic heterocycles. The van der Waals surface area contributed by atoms with Crippen molar-refractivity contribution in [2.24, 2.45) is 0 Å². The summed E-state index contributed by atoms with van der Waals surface area (Å²) in [6, 6.07) is 13.2. The van der Waals surface area contributed by atoms with Crippen LogP contribution in [0.25, 0.3) is 0 Å². The molecule has 1 atom stereocenters. The monoisotopic (exact) mass is 327 g/mol. The highest BCUT2D eigenvalue weighted by Crippen LogP contribution is 2.23. The van der Waals surface area contributed by atoms with E-state index >= 15 is 0 Å². The number of hydrogen-bond donors (Lipinski definition) is 1. The van der Waals surface area contributed by atoms with Crippen LogP contribution in [0.3, 0.4) is 0 Å². The molecular formula is C20H25NO3. The summed E-state index contributed by atoms with van der Waals surface area (Å²) >= 11 is 0. The lowest BCUT2D eigenvalue weighted by Gasteiger charge is -2.17. The quantitative estimate of drug-likeness (QED) is 0.850.